The Bertz CT molecular complexity index is 324. The van der Waals surface area contributed by atoms with E-state index in [0.29, 0.717) is 11.8 Å². The van der Waals surface area contributed by atoms with Gasteiger partial charge < -0.3 is 15.8 Å². The van der Waals surface area contributed by atoms with Crippen molar-refractivity contribution in [1.29, 1.82) is 0 Å². The summed E-state index contributed by atoms with van der Waals surface area (Å²) < 4.78 is 5.73. The van der Waals surface area contributed by atoms with Gasteiger partial charge in [0.1, 0.15) is 5.82 Å². The van der Waals surface area contributed by atoms with Crippen LogP contribution in [0, 0.1) is 0 Å². The van der Waals surface area contributed by atoms with Gasteiger partial charge in [-0.25, -0.2) is 4.98 Å². The summed E-state index contributed by atoms with van der Waals surface area (Å²) in [7, 11) is 0. The molecule has 1 fully saturated rings. The molecule has 4 heteroatoms. The van der Waals surface area contributed by atoms with Crippen LogP contribution in [0.4, 0.5) is 11.5 Å². The zero-order valence-electron chi connectivity index (χ0n) is 9.48. The molecule has 0 radical (unpaired) electrons. The first-order valence-corrected chi connectivity index (χ1v) is 5.92. The lowest BCUT2D eigenvalue weighted by atomic mass is 10.3. The minimum absolute atomic E-state index is 0.475. The second kappa shape index (κ2) is 5.70. The summed E-state index contributed by atoms with van der Waals surface area (Å²) in [5.41, 5.74) is 6.44. The summed E-state index contributed by atoms with van der Waals surface area (Å²) in [6, 6.07) is 3.67. The third-order valence-corrected chi connectivity index (χ3v) is 2.89. The summed E-state index contributed by atoms with van der Waals surface area (Å²) in [5.74, 6) is 0.748. The first kappa shape index (κ1) is 11.2. The van der Waals surface area contributed by atoms with Crippen molar-refractivity contribution in [2.75, 3.05) is 24.2 Å². The molecule has 1 aliphatic carbocycles. The molecule has 1 heterocycles. The normalized spacial score (nSPS) is 16.5. The molecule has 0 amide bonds. The molecule has 4 nitrogen and oxygen atoms in total. The van der Waals surface area contributed by atoms with Crippen molar-refractivity contribution in [3.05, 3.63) is 18.3 Å². The van der Waals surface area contributed by atoms with Crippen LogP contribution in [0.15, 0.2) is 18.3 Å². The Hall–Kier alpha value is -1.29. The minimum atomic E-state index is 0.475. The summed E-state index contributed by atoms with van der Waals surface area (Å²) >= 11 is 0. The number of nitrogens with two attached hydrogens (primary N) is 1. The smallest absolute Gasteiger partial charge is 0.149 e. The van der Waals surface area contributed by atoms with Crippen LogP contribution in [0.1, 0.15) is 25.7 Å². The van der Waals surface area contributed by atoms with E-state index < -0.39 is 0 Å². The highest BCUT2D eigenvalue weighted by atomic mass is 16.5. The SMILES string of the molecule is Nc1cccnc1NCCOC1CCCC1. The molecule has 1 aromatic rings. The highest BCUT2D eigenvalue weighted by Crippen LogP contribution is 2.20. The molecule has 1 aromatic heterocycles. The molecule has 0 saturated heterocycles. The molecule has 0 unspecified atom stereocenters. The molecule has 0 atom stereocenters. The van der Waals surface area contributed by atoms with E-state index in [1.165, 1.54) is 25.7 Å². The maximum Gasteiger partial charge on any atom is 0.149 e. The zero-order valence-corrected chi connectivity index (χ0v) is 9.48. The van der Waals surface area contributed by atoms with E-state index in [0.717, 1.165) is 19.0 Å². The van der Waals surface area contributed by atoms with Gasteiger partial charge in [0.25, 0.3) is 0 Å². The van der Waals surface area contributed by atoms with Crippen LogP contribution < -0.4 is 11.1 Å². The van der Waals surface area contributed by atoms with Crippen LogP contribution in [0.2, 0.25) is 0 Å². The third-order valence-electron chi connectivity index (χ3n) is 2.89. The van der Waals surface area contributed by atoms with Gasteiger partial charge >= 0.3 is 0 Å². The maximum atomic E-state index is 5.76. The van der Waals surface area contributed by atoms with Gasteiger partial charge in [0.15, 0.2) is 0 Å². The molecule has 0 aliphatic heterocycles. The Morgan fingerprint density at radius 3 is 3.00 bits per heavy atom. The molecule has 3 N–H and O–H groups in total. The van der Waals surface area contributed by atoms with Gasteiger partial charge in [-0.1, -0.05) is 12.8 Å². The van der Waals surface area contributed by atoms with Gasteiger partial charge in [-0.05, 0) is 25.0 Å². The van der Waals surface area contributed by atoms with Crippen molar-refractivity contribution in [1.82, 2.24) is 4.98 Å². The molecular weight excluding hydrogens is 202 g/mol. The number of aromatic nitrogens is 1. The van der Waals surface area contributed by atoms with Crippen LogP contribution in [-0.4, -0.2) is 24.2 Å². The Kier molecular flexibility index (Phi) is 3.99. The Labute approximate surface area is 96.2 Å². The average molecular weight is 221 g/mol. The number of ether oxygens (including phenoxy) is 1. The number of rotatable bonds is 5. The van der Waals surface area contributed by atoms with Gasteiger partial charge in [0.2, 0.25) is 0 Å². The number of pyridine rings is 1. The van der Waals surface area contributed by atoms with Gasteiger partial charge in [0, 0.05) is 12.7 Å². The van der Waals surface area contributed by atoms with E-state index >= 15 is 0 Å². The molecular formula is C12H19N3O. The lowest BCUT2D eigenvalue weighted by molar-refractivity contribution is 0.0659. The van der Waals surface area contributed by atoms with Crippen molar-refractivity contribution in [2.24, 2.45) is 0 Å². The number of hydrogen-bond acceptors (Lipinski definition) is 4. The average Bonchev–Trinajstić information content (AvgIpc) is 2.79. The monoisotopic (exact) mass is 221 g/mol. The van der Waals surface area contributed by atoms with Gasteiger partial charge in [-0.2, -0.15) is 0 Å². The number of nitrogen functional groups attached to an aromatic ring is 1. The van der Waals surface area contributed by atoms with E-state index in [1.807, 2.05) is 12.1 Å². The molecule has 1 aliphatic rings. The van der Waals surface area contributed by atoms with Crippen LogP contribution in [-0.2, 0) is 4.74 Å². The van der Waals surface area contributed by atoms with Gasteiger partial charge in [0.05, 0.1) is 18.4 Å². The third kappa shape index (κ3) is 3.10. The Balaban J connectivity index is 1.66. The number of nitrogens with zero attached hydrogens (tertiary/aromatic N) is 1. The predicted octanol–water partition coefficient (Wildman–Crippen LogP) is 2.03. The van der Waals surface area contributed by atoms with Crippen LogP contribution in [0.3, 0.4) is 0 Å². The summed E-state index contributed by atoms with van der Waals surface area (Å²) in [4.78, 5) is 4.16. The van der Waals surface area contributed by atoms with E-state index in [2.05, 4.69) is 10.3 Å². The second-order valence-electron chi connectivity index (χ2n) is 4.15. The minimum Gasteiger partial charge on any atom is -0.396 e. The topological polar surface area (TPSA) is 60.2 Å². The first-order valence-electron chi connectivity index (χ1n) is 5.92. The number of anilines is 2. The number of nitrogens with one attached hydrogen (secondary N) is 1. The standard InChI is InChI=1S/C12H19N3O/c13-11-6-3-7-14-12(11)15-8-9-16-10-4-1-2-5-10/h3,6-7,10H,1-2,4-5,8-9,13H2,(H,14,15). The summed E-state index contributed by atoms with van der Waals surface area (Å²) in [6.07, 6.45) is 7.26. The van der Waals surface area contributed by atoms with Crippen LogP contribution >= 0.6 is 0 Å². The van der Waals surface area contributed by atoms with E-state index in [1.54, 1.807) is 6.20 Å². The molecule has 0 aromatic carbocycles. The molecule has 0 spiro atoms. The lowest BCUT2D eigenvalue weighted by Gasteiger charge is -2.12. The first-order chi connectivity index (χ1) is 7.86. The van der Waals surface area contributed by atoms with Crippen LogP contribution in [0.5, 0.6) is 0 Å². The van der Waals surface area contributed by atoms with Crippen molar-refractivity contribution in [3.63, 3.8) is 0 Å². The molecule has 16 heavy (non-hydrogen) atoms. The fraction of sp³-hybridized carbons (Fsp3) is 0.583. The van der Waals surface area contributed by atoms with Gasteiger partial charge in [-0.3, -0.25) is 0 Å². The highest BCUT2D eigenvalue weighted by molar-refractivity contribution is 5.60. The fourth-order valence-electron chi connectivity index (χ4n) is 2.02. The summed E-state index contributed by atoms with van der Waals surface area (Å²) in [6.45, 7) is 1.48. The zero-order chi connectivity index (χ0) is 11.2. The molecule has 88 valence electrons. The maximum absolute atomic E-state index is 5.76. The second-order valence-corrected chi connectivity index (χ2v) is 4.15. The predicted molar refractivity (Wildman–Crippen MR) is 65.3 cm³/mol. The molecule has 0 bridgehead atoms. The quantitative estimate of drug-likeness (QED) is 0.747. The van der Waals surface area contributed by atoms with E-state index in [-0.39, 0.29) is 0 Å². The van der Waals surface area contributed by atoms with Crippen molar-refractivity contribution >= 4 is 11.5 Å². The van der Waals surface area contributed by atoms with Crippen molar-refractivity contribution in [3.8, 4) is 0 Å². The summed E-state index contributed by atoms with van der Waals surface area (Å²) in [5, 5.41) is 3.18. The highest BCUT2D eigenvalue weighted by Gasteiger charge is 2.14. The largest absolute Gasteiger partial charge is 0.396 e. The van der Waals surface area contributed by atoms with Crippen molar-refractivity contribution in [2.45, 2.75) is 31.8 Å². The number of hydrogen-bond donors (Lipinski definition) is 2. The lowest BCUT2D eigenvalue weighted by Crippen LogP contribution is -2.16. The van der Waals surface area contributed by atoms with E-state index in [9.17, 15) is 0 Å². The van der Waals surface area contributed by atoms with E-state index in [4.69, 9.17) is 10.5 Å². The van der Waals surface area contributed by atoms with Crippen LogP contribution in [0.25, 0.3) is 0 Å². The Morgan fingerprint density at radius 1 is 1.44 bits per heavy atom. The fourth-order valence-corrected chi connectivity index (χ4v) is 2.02. The Morgan fingerprint density at radius 2 is 2.25 bits per heavy atom. The van der Waals surface area contributed by atoms with Gasteiger partial charge in [-0.15, -0.1) is 0 Å². The molecule has 2 rings (SSSR count). The van der Waals surface area contributed by atoms with Crippen molar-refractivity contribution < 1.29 is 4.74 Å². The molecule has 1 saturated carbocycles.